The fraction of sp³-hybridized carbons (Fsp3) is 0.364. The molecule has 0 unspecified atom stereocenters. The van der Waals surface area contributed by atoms with Gasteiger partial charge in [0.1, 0.15) is 5.82 Å². The van der Waals surface area contributed by atoms with Crippen molar-refractivity contribution in [2.75, 3.05) is 18.4 Å². The minimum absolute atomic E-state index is 0.0201. The maximum atomic E-state index is 13.0. The van der Waals surface area contributed by atoms with Crippen LogP contribution in [0.5, 0.6) is 0 Å². The third-order valence-electron chi connectivity index (χ3n) is 5.82. The largest absolute Gasteiger partial charge is 0.328 e. The number of fused-ring (bicyclic) bond motifs is 1. The molecule has 1 aliphatic rings. The van der Waals surface area contributed by atoms with Gasteiger partial charge in [-0.2, -0.15) is 0 Å². The molecule has 2 heterocycles. The quantitative estimate of drug-likeness (QED) is 0.738. The molecule has 1 aromatic heterocycles. The number of aromatic nitrogens is 2. The number of benzene rings is 2. The zero-order valence-corrected chi connectivity index (χ0v) is 16.7. The van der Waals surface area contributed by atoms with Gasteiger partial charge >= 0.3 is 5.69 Å². The summed E-state index contributed by atoms with van der Waals surface area (Å²) in [5.74, 6) is -0.237. The van der Waals surface area contributed by atoms with E-state index < -0.39 is 0 Å². The third kappa shape index (κ3) is 3.96. The van der Waals surface area contributed by atoms with E-state index in [0.717, 1.165) is 49.1 Å². The molecule has 2 aromatic carbocycles. The predicted octanol–water partition coefficient (Wildman–Crippen LogP) is 2.87. The number of hydrogen-bond donors (Lipinski definition) is 1. The number of hydrogen-bond acceptors (Lipinski definition) is 3. The summed E-state index contributed by atoms with van der Waals surface area (Å²) in [5.41, 5.74) is 3.33. The summed E-state index contributed by atoms with van der Waals surface area (Å²) < 4.78 is 16.2. The summed E-state index contributed by atoms with van der Waals surface area (Å²) in [4.78, 5) is 27.1. The van der Waals surface area contributed by atoms with Crippen molar-refractivity contribution in [1.29, 1.82) is 0 Å². The van der Waals surface area contributed by atoms with E-state index in [1.807, 2.05) is 18.2 Å². The Balaban J connectivity index is 1.36. The number of nitrogens with one attached hydrogen (secondary N) is 1. The summed E-state index contributed by atoms with van der Waals surface area (Å²) in [5, 5.41) is 3.01. The Kier molecular flexibility index (Phi) is 5.24. The van der Waals surface area contributed by atoms with E-state index in [0.29, 0.717) is 5.69 Å². The smallest absolute Gasteiger partial charge is 0.326 e. The molecule has 6 nitrogen and oxygen atoms in total. The first-order valence-corrected chi connectivity index (χ1v) is 9.85. The number of nitrogens with zero attached hydrogens (tertiary/aromatic N) is 3. The third-order valence-corrected chi connectivity index (χ3v) is 5.82. The number of likely N-dealkylation sites (tertiary alicyclic amines) is 1. The summed E-state index contributed by atoms with van der Waals surface area (Å²) >= 11 is 0. The van der Waals surface area contributed by atoms with Crippen molar-refractivity contribution in [1.82, 2.24) is 14.0 Å². The average Bonchev–Trinajstić information content (AvgIpc) is 2.94. The van der Waals surface area contributed by atoms with E-state index in [1.165, 1.54) is 12.1 Å². The number of anilines is 1. The van der Waals surface area contributed by atoms with Crippen LogP contribution in [-0.2, 0) is 25.4 Å². The van der Waals surface area contributed by atoms with E-state index in [2.05, 4.69) is 10.2 Å². The van der Waals surface area contributed by atoms with Crippen LogP contribution < -0.4 is 11.0 Å². The Morgan fingerprint density at radius 1 is 1.03 bits per heavy atom. The molecule has 152 valence electrons. The SMILES string of the molecule is Cn1c(=O)n(C)c2cc(NC(=O)C3CCN(Cc4ccc(F)cc4)CC3)ccc21. The van der Waals surface area contributed by atoms with Gasteiger partial charge in [0.05, 0.1) is 11.0 Å². The normalized spacial score (nSPS) is 15.7. The molecule has 3 aromatic rings. The van der Waals surface area contributed by atoms with Crippen LogP contribution in [0.4, 0.5) is 10.1 Å². The van der Waals surface area contributed by atoms with Crippen molar-refractivity contribution in [3.05, 3.63) is 64.3 Å². The molecule has 0 aliphatic carbocycles. The van der Waals surface area contributed by atoms with Crippen molar-refractivity contribution in [2.45, 2.75) is 19.4 Å². The minimum atomic E-state index is -0.224. The van der Waals surface area contributed by atoms with E-state index in [4.69, 9.17) is 0 Å². The Morgan fingerprint density at radius 2 is 1.69 bits per heavy atom. The second-order valence-corrected chi connectivity index (χ2v) is 7.77. The molecule has 0 spiro atoms. The van der Waals surface area contributed by atoms with E-state index in [1.54, 1.807) is 35.4 Å². The number of piperidine rings is 1. The van der Waals surface area contributed by atoms with Crippen molar-refractivity contribution >= 4 is 22.6 Å². The van der Waals surface area contributed by atoms with Crippen LogP contribution in [0.1, 0.15) is 18.4 Å². The number of carbonyl (C=O) groups excluding carboxylic acids is 1. The molecule has 29 heavy (non-hydrogen) atoms. The van der Waals surface area contributed by atoms with Gasteiger partial charge in [0, 0.05) is 32.2 Å². The molecule has 1 fully saturated rings. The highest BCUT2D eigenvalue weighted by molar-refractivity contribution is 5.94. The lowest BCUT2D eigenvalue weighted by atomic mass is 9.95. The van der Waals surface area contributed by atoms with E-state index in [9.17, 15) is 14.0 Å². The number of halogens is 1. The van der Waals surface area contributed by atoms with Crippen molar-refractivity contribution in [3.63, 3.8) is 0 Å². The van der Waals surface area contributed by atoms with Crippen LogP contribution in [0.25, 0.3) is 11.0 Å². The van der Waals surface area contributed by atoms with Crippen molar-refractivity contribution in [2.24, 2.45) is 20.0 Å². The maximum absolute atomic E-state index is 13.0. The lowest BCUT2D eigenvalue weighted by Gasteiger charge is -2.31. The van der Waals surface area contributed by atoms with Crippen LogP contribution in [0.2, 0.25) is 0 Å². The Morgan fingerprint density at radius 3 is 2.38 bits per heavy atom. The standard InChI is InChI=1S/C22H25FN4O2/c1-25-19-8-7-18(13-20(19)26(2)22(25)29)24-21(28)16-9-11-27(12-10-16)14-15-3-5-17(23)6-4-15/h3-8,13,16H,9-12,14H2,1-2H3,(H,24,28). The van der Waals surface area contributed by atoms with E-state index >= 15 is 0 Å². The van der Waals surface area contributed by atoms with Crippen LogP contribution >= 0.6 is 0 Å². The fourth-order valence-electron chi connectivity index (χ4n) is 4.03. The Labute approximate surface area is 168 Å². The highest BCUT2D eigenvalue weighted by Crippen LogP contribution is 2.23. The molecule has 7 heteroatoms. The molecular weight excluding hydrogens is 371 g/mol. The summed E-state index contributed by atoms with van der Waals surface area (Å²) in [6, 6.07) is 12.1. The molecule has 0 bridgehead atoms. The van der Waals surface area contributed by atoms with Gasteiger partial charge in [0.15, 0.2) is 0 Å². The first kappa shape index (κ1) is 19.4. The molecule has 1 N–H and O–H groups in total. The lowest BCUT2D eigenvalue weighted by Crippen LogP contribution is -2.37. The van der Waals surface area contributed by atoms with Gasteiger partial charge in [-0.15, -0.1) is 0 Å². The number of carbonyl (C=O) groups is 1. The highest BCUT2D eigenvalue weighted by atomic mass is 19.1. The van der Waals surface area contributed by atoms with Gasteiger partial charge in [-0.3, -0.25) is 18.8 Å². The first-order chi connectivity index (χ1) is 13.9. The molecule has 1 aliphatic heterocycles. The van der Waals surface area contributed by atoms with Gasteiger partial charge in [0.25, 0.3) is 0 Å². The lowest BCUT2D eigenvalue weighted by molar-refractivity contribution is -0.121. The van der Waals surface area contributed by atoms with Crippen molar-refractivity contribution in [3.8, 4) is 0 Å². The summed E-state index contributed by atoms with van der Waals surface area (Å²) in [7, 11) is 3.47. The van der Waals surface area contributed by atoms with Crippen LogP contribution in [0, 0.1) is 11.7 Å². The summed E-state index contributed by atoms with van der Waals surface area (Å²) in [6.45, 7) is 2.44. The van der Waals surface area contributed by atoms with E-state index in [-0.39, 0.29) is 23.3 Å². The minimum Gasteiger partial charge on any atom is -0.326 e. The first-order valence-electron chi connectivity index (χ1n) is 9.85. The summed E-state index contributed by atoms with van der Waals surface area (Å²) in [6.07, 6.45) is 1.58. The fourth-order valence-corrected chi connectivity index (χ4v) is 4.03. The van der Waals surface area contributed by atoms with Gasteiger partial charge in [0.2, 0.25) is 5.91 Å². The number of rotatable bonds is 4. The van der Waals surface area contributed by atoms with Gasteiger partial charge in [-0.1, -0.05) is 12.1 Å². The predicted molar refractivity (Wildman–Crippen MR) is 111 cm³/mol. The Hall–Kier alpha value is -2.93. The van der Waals surface area contributed by atoms with Gasteiger partial charge < -0.3 is 5.32 Å². The molecule has 4 rings (SSSR count). The van der Waals surface area contributed by atoms with Gasteiger partial charge in [-0.05, 0) is 61.8 Å². The second-order valence-electron chi connectivity index (χ2n) is 7.77. The van der Waals surface area contributed by atoms with Crippen LogP contribution in [0.3, 0.4) is 0 Å². The maximum Gasteiger partial charge on any atom is 0.328 e. The molecule has 0 radical (unpaired) electrons. The number of imidazole rings is 1. The molecular formula is C22H25FN4O2. The zero-order valence-electron chi connectivity index (χ0n) is 16.7. The van der Waals surface area contributed by atoms with Crippen molar-refractivity contribution < 1.29 is 9.18 Å². The van der Waals surface area contributed by atoms with Crippen LogP contribution in [-0.4, -0.2) is 33.0 Å². The topological polar surface area (TPSA) is 59.3 Å². The molecule has 1 amide bonds. The molecule has 0 atom stereocenters. The average molecular weight is 396 g/mol. The second kappa shape index (κ2) is 7.83. The van der Waals surface area contributed by atoms with Gasteiger partial charge in [-0.25, -0.2) is 9.18 Å². The molecule has 0 saturated carbocycles. The molecule has 1 saturated heterocycles. The monoisotopic (exact) mass is 396 g/mol. The number of amides is 1. The number of aryl methyl sites for hydroxylation is 2. The van der Waals surface area contributed by atoms with Crippen LogP contribution in [0.15, 0.2) is 47.3 Å². The zero-order chi connectivity index (χ0) is 20.5. The highest BCUT2D eigenvalue weighted by Gasteiger charge is 2.25. The Bertz CT molecular complexity index is 1090.